The minimum Gasteiger partial charge on any atom is -0.388 e. The quantitative estimate of drug-likeness (QED) is 0.553. The van der Waals surface area contributed by atoms with Gasteiger partial charge in [-0.05, 0) is 29.2 Å². The van der Waals surface area contributed by atoms with Crippen LogP contribution >= 0.6 is 0 Å². The van der Waals surface area contributed by atoms with Gasteiger partial charge in [0.25, 0.3) is 5.91 Å². The van der Waals surface area contributed by atoms with Gasteiger partial charge in [-0.15, -0.1) is 10.2 Å². The van der Waals surface area contributed by atoms with Gasteiger partial charge in [-0.3, -0.25) is 14.6 Å². The van der Waals surface area contributed by atoms with Crippen molar-refractivity contribution in [3.63, 3.8) is 0 Å². The van der Waals surface area contributed by atoms with E-state index in [1.807, 2.05) is 35.9 Å². The fourth-order valence-corrected chi connectivity index (χ4v) is 3.98. The number of alkyl halides is 1. The number of carbonyl (C=O) groups is 2. The summed E-state index contributed by atoms with van der Waals surface area (Å²) >= 11 is 0. The lowest BCUT2D eigenvalue weighted by Crippen LogP contribution is -2.29. The molecule has 9 heteroatoms. The average molecular weight is 452 g/mol. The van der Waals surface area contributed by atoms with Crippen LogP contribution in [0.4, 0.5) is 4.39 Å². The topological polar surface area (TPSA) is 101 Å². The molecule has 1 fully saturated rings. The van der Waals surface area contributed by atoms with Crippen LogP contribution in [0.2, 0.25) is 0 Å². The van der Waals surface area contributed by atoms with Gasteiger partial charge in [-0.1, -0.05) is 31.2 Å². The van der Waals surface area contributed by atoms with E-state index in [1.54, 1.807) is 6.33 Å². The molecule has 1 aromatic carbocycles. The highest BCUT2D eigenvalue weighted by Crippen LogP contribution is 2.22. The van der Waals surface area contributed by atoms with Gasteiger partial charge in [0.1, 0.15) is 30.1 Å². The number of aliphatic hydroxyl groups excluding tert-OH is 1. The Morgan fingerprint density at radius 3 is 2.76 bits per heavy atom. The summed E-state index contributed by atoms with van der Waals surface area (Å²) in [4.78, 5) is 30.9. The third-order valence-electron chi connectivity index (χ3n) is 5.98. The fourth-order valence-electron chi connectivity index (χ4n) is 3.98. The minimum atomic E-state index is -1.46. The van der Waals surface area contributed by atoms with E-state index in [2.05, 4.69) is 22.1 Å². The first-order valence-electron chi connectivity index (χ1n) is 10.8. The van der Waals surface area contributed by atoms with E-state index in [9.17, 15) is 19.1 Å². The molecule has 33 heavy (non-hydrogen) atoms. The van der Waals surface area contributed by atoms with Crippen molar-refractivity contribution in [1.29, 1.82) is 0 Å². The number of likely N-dealkylation sites (tertiary alicyclic amines) is 1. The second-order valence-corrected chi connectivity index (χ2v) is 8.53. The molecule has 4 rings (SSSR count). The Morgan fingerprint density at radius 2 is 2.06 bits per heavy atom. The number of halogens is 1. The molecule has 0 saturated carbocycles. The summed E-state index contributed by atoms with van der Waals surface area (Å²) in [5, 5.41) is 17.6. The van der Waals surface area contributed by atoms with Gasteiger partial charge in [0.15, 0.2) is 5.78 Å². The van der Waals surface area contributed by atoms with Crippen molar-refractivity contribution in [2.75, 3.05) is 13.1 Å². The van der Waals surface area contributed by atoms with Crippen LogP contribution in [0.5, 0.6) is 0 Å². The van der Waals surface area contributed by atoms with Gasteiger partial charge in [0.05, 0.1) is 6.54 Å². The molecule has 0 unspecified atom stereocenters. The number of Topliss-reactive ketones (excluding diaryl/α,β-unsaturated/α-hetero) is 1. The van der Waals surface area contributed by atoms with E-state index in [0.717, 1.165) is 23.4 Å². The lowest BCUT2D eigenvalue weighted by Gasteiger charge is -2.15. The van der Waals surface area contributed by atoms with E-state index in [-0.39, 0.29) is 42.5 Å². The highest BCUT2D eigenvalue weighted by atomic mass is 19.1. The highest BCUT2D eigenvalue weighted by molar-refractivity contribution is 6.00. The van der Waals surface area contributed by atoms with Crippen LogP contribution in [0, 0.1) is 0 Å². The first kappa shape index (κ1) is 22.7. The van der Waals surface area contributed by atoms with Gasteiger partial charge in [-0.2, -0.15) is 0 Å². The Bertz CT molecular complexity index is 1150. The summed E-state index contributed by atoms with van der Waals surface area (Å²) in [6.07, 6.45) is 1.30. The molecule has 8 nitrogen and oxygen atoms in total. The molecular weight excluding hydrogens is 425 g/mol. The fraction of sp³-hybridized carbons (Fsp3) is 0.375. The number of hydrogen-bond donors (Lipinski definition) is 1. The summed E-state index contributed by atoms with van der Waals surface area (Å²) in [6.45, 7) is 1.87. The average Bonchev–Trinajstić information content (AvgIpc) is 3.37. The van der Waals surface area contributed by atoms with Gasteiger partial charge in [0.2, 0.25) is 0 Å². The van der Waals surface area contributed by atoms with Crippen molar-refractivity contribution in [3.05, 3.63) is 77.1 Å². The maximum Gasteiger partial charge on any atom is 0.254 e. The molecular formula is C24H26FN5O3. The number of aromatic nitrogens is 4. The van der Waals surface area contributed by atoms with Crippen LogP contribution in [0.15, 0.2) is 48.9 Å². The third kappa shape index (κ3) is 5.14. The molecule has 0 spiro atoms. The van der Waals surface area contributed by atoms with Gasteiger partial charge in [0, 0.05) is 38.2 Å². The lowest BCUT2D eigenvalue weighted by atomic mass is 9.94. The van der Waals surface area contributed by atoms with Crippen LogP contribution in [0.1, 0.15) is 50.6 Å². The van der Waals surface area contributed by atoms with Crippen molar-refractivity contribution < 1.29 is 19.1 Å². The van der Waals surface area contributed by atoms with Crippen LogP contribution in [0.3, 0.4) is 0 Å². The summed E-state index contributed by atoms with van der Waals surface area (Å²) in [5.74, 6) is 0.439. The zero-order chi connectivity index (χ0) is 23.5. The van der Waals surface area contributed by atoms with Crippen LogP contribution in [-0.4, -0.2) is 66.8 Å². The standard InChI is InChI=1S/C24H26FN5O3/c1-15(8-23-28-27-14-29(23)2)17-5-3-4-16(9-17)10-21(31)20-11-18(6-7-26-20)24(33)30-12-19(25)22(32)13-30/h3-7,9,11,14-15,19,22,32H,8,10,12-13H2,1-2H3/t15-,19-,22-/m1/s1. The molecule has 0 radical (unpaired) electrons. The van der Waals surface area contributed by atoms with Gasteiger partial charge < -0.3 is 14.6 Å². The summed E-state index contributed by atoms with van der Waals surface area (Å²) in [7, 11) is 1.91. The lowest BCUT2D eigenvalue weighted by molar-refractivity contribution is 0.0764. The van der Waals surface area contributed by atoms with E-state index in [0.29, 0.717) is 0 Å². The van der Waals surface area contributed by atoms with Crippen LogP contribution < -0.4 is 0 Å². The monoisotopic (exact) mass is 451 g/mol. The Labute approximate surface area is 191 Å². The largest absolute Gasteiger partial charge is 0.388 e. The van der Waals surface area contributed by atoms with Crippen molar-refractivity contribution >= 4 is 11.7 Å². The number of nitrogens with zero attached hydrogens (tertiary/aromatic N) is 5. The maximum absolute atomic E-state index is 13.6. The number of aliphatic hydroxyl groups is 1. The first-order chi connectivity index (χ1) is 15.8. The number of hydrogen-bond acceptors (Lipinski definition) is 6. The SMILES string of the molecule is C[C@H](Cc1nncn1C)c1cccc(CC(=O)c2cc(C(=O)N3C[C@@H](O)[C@H](F)C3)ccn2)c1. The Balaban J connectivity index is 1.44. The number of aryl methyl sites for hydroxylation is 1. The zero-order valence-corrected chi connectivity index (χ0v) is 18.6. The number of carbonyl (C=O) groups excluding carboxylic acids is 2. The minimum absolute atomic E-state index is 0.0646. The second kappa shape index (κ2) is 9.58. The highest BCUT2D eigenvalue weighted by Gasteiger charge is 2.34. The smallest absolute Gasteiger partial charge is 0.254 e. The van der Waals surface area contributed by atoms with Gasteiger partial charge >= 0.3 is 0 Å². The van der Waals surface area contributed by atoms with E-state index < -0.39 is 18.2 Å². The van der Waals surface area contributed by atoms with Crippen LogP contribution in [0.25, 0.3) is 0 Å². The molecule has 1 saturated heterocycles. The molecule has 1 N–H and O–H groups in total. The predicted octanol–water partition coefficient (Wildman–Crippen LogP) is 2.14. The van der Waals surface area contributed by atoms with Crippen LogP contribution in [-0.2, 0) is 19.9 Å². The zero-order valence-electron chi connectivity index (χ0n) is 18.6. The number of amides is 1. The number of pyridine rings is 1. The van der Waals surface area contributed by atoms with Crippen molar-refractivity contribution in [1.82, 2.24) is 24.6 Å². The number of rotatable bonds is 7. The Kier molecular flexibility index (Phi) is 6.60. The summed E-state index contributed by atoms with van der Waals surface area (Å²) in [6, 6.07) is 10.8. The Morgan fingerprint density at radius 1 is 1.24 bits per heavy atom. The van der Waals surface area contributed by atoms with E-state index in [1.165, 1.54) is 23.2 Å². The molecule has 1 aliphatic rings. The van der Waals surface area contributed by atoms with E-state index in [4.69, 9.17) is 0 Å². The number of β-amino-alcohol motifs (C(OH)–C–C–N with tert-alkyl or cyclic N) is 1. The molecule has 2 aromatic heterocycles. The molecule has 172 valence electrons. The Hall–Kier alpha value is -3.46. The number of benzene rings is 1. The van der Waals surface area contributed by atoms with Gasteiger partial charge in [-0.25, -0.2) is 4.39 Å². The molecule has 0 aliphatic carbocycles. The van der Waals surface area contributed by atoms with Crippen molar-refractivity contribution in [3.8, 4) is 0 Å². The summed E-state index contributed by atoms with van der Waals surface area (Å²) < 4.78 is 15.5. The normalized spacial score (nSPS) is 19.0. The third-order valence-corrected chi connectivity index (χ3v) is 5.98. The molecule has 3 atom stereocenters. The predicted molar refractivity (Wildman–Crippen MR) is 119 cm³/mol. The summed E-state index contributed by atoms with van der Waals surface area (Å²) in [5.41, 5.74) is 2.37. The number of ketones is 1. The second-order valence-electron chi connectivity index (χ2n) is 8.53. The molecule has 1 amide bonds. The maximum atomic E-state index is 13.6. The first-order valence-corrected chi connectivity index (χ1v) is 10.8. The molecule has 1 aliphatic heterocycles. The van der Waals surface area contributed by atoms with Crippen molar-refractivity contribution in [2.24, 2.45) is 7.05 Å². The van der Waals surface area contributed by atoms with E-state index >= 15 is 0 Å². The van der Waals surface area contributed by atoms with Crippen molar-refractivity contribution in [2.45, 2.75) is 38.0 Å². The molecule has 3 aromatic rings. The molecule has 0 bridgehead atoms. The molecule has 3 heterocycles.